The Kier molecular flexibility index (Phi) is 3.10. The van der Waals surface area contributed by atoms with E-state index in [0.717, 1.165) is 26.2 Å². The minimum atomic E-state index is 0.343. The van der Waals surface area contributed by atoms with Crippen molar-refractivity contribution in [3.63, 3.8) is 0 Å². The molecule has 0 aromatic rings. The number of piperidine rings is 1. The molecular weight excluding hydrogens is 176 g/mol. The monoisotopic (exact) mass is 198 g/mol. The highest BCUT2D eigenvalue weighted by Gasteiger charge is 2.37. The molecule has 0 saturated carbocycles. The van der Waals surface area contributed by atoms with Crippen LogP contribution in [0.4, 0.5) is 0 Å². The Morgan fingerprint density at radius 3 is 2.86 bits per heavy atom. The summed E-state index contributed by atoms with van der Waals surface area (Å²) in [5, 5.41) is 5.70. The standard InChI is InChI=1S/C11H22N2O/c1-11(2)9-12-6-5-10(11)13-7-3-4-8-14-13/h10,12H,3-9H2,1-2H3. The summed E-state index contributed by atoms with van der Waals surface area (Å²) in [4.78, 5) is 5.76. The van der Waals surface area contributed by atoms with E-state index < -0.39 is 0 Å². The van der Waals surface area contributed by atoms with E-state index >= 15 is 0 Å². The molecular formula is C11H22N2O. The SMILES string of the molecule is CC1(C)CNCCC1N1CCCCO1. The van der Waals surface area contributed by atoms with Crippen molar-refractivity contribution in [3.05, 3.63) is 0 Å². The van der Waals surface area contributed by atoms with Crippen LogP contribution in [-0.2, 0) is 4.84 Å². The van der Waals surface area contributed by atoms with Gasteiger partial charge in [-0.3, -0.25) is 4.84 Å². The van der Waals surface area contributed by atoms with Gasteiger partial charge in [-0.2, -0.15) is 5.06 Å². The Morgan fingerprint density at radius 1 is 1.36 bits per heavy atom. The molecule has 0 radical (unpaired) electrons. The summed E-state index contributed by atoms with van der Waals surface area (Å²) >= 11 is 0. The summed E-state index contributed by atoms with van der Waals surface area (Å²) in [6, 6.07) is 0.601. The molecule has 14 heavy (non-hydrogen) atoms. The molecule has 1 unspecified atom stereocenters. The van der Waals surface area contributed by atoms with Crippen molar-refractivity contribution in [2.75, 3.05) is 26.2 Å². The van der Waals surface area contributed by atoms with Crippen molar-refractivity contribution in [3.8, 4) is 0 Å². The number of nitrogens with zero attached hydrogens (tertiary/aromatic N) is 1. The average molecular weight is 198 g/mol. The van der Waals surface area contributed by atoms with Gasteiger partial charge in [-0.1, -0.05) is 13.8 Å². The first-order valence-electron chi connectivity index (χ1n) is 5.80. The molecule has 0 spiro atoms. The number of rotatable bonds is 1. The number of nitrogens with one attached hydrogen (secondary N) is 1. The van der Waals surface area contributed by atoms with Crippen molar-refractivity contribution in [1.29, 1.82) is 0 Å². The first-order valence-corrected chi connectivity index (χ1v) is 5.80. The van der Waals surface area contributed by atoms with E-state index in [-0.39, 0.29) is 0 Å². The molecule has 0 aromatic carbocycles. The van der Waals surface area contributed by atoms with Crippen LogP contribution in [0, 0.1) is 5.41 Å². The lowest BCUT2D eigenvalue weighted by atomic mass is 9.79. The molecule has 2 aliphatic heterocycles. The van der Waals surface area contributed by atoms with Gasteiger partial charge < -0.3 is 5.32 Å². The normalized spacial score (nSPS) is 34.3. The van der Waals surface area contributed by atoms with E-state index in [4.69, 9.17) is 4.84 Å². The van der Waals surface area contributed by atoms with Crippen LogP contribution < -0.4 is 5.32 Å². The maximum atomic E-state index is 5.76. The third kappa shape index (κ3) is 2.10. The smallest absolute Gasteiger partial charge is 0.0685 e. The van der Waals surface area contributed by atoms with Gasteiger partial charge >= 0.3 is 0 Å². The van der Waals surface area contributed by atoms with Crippen LogP contribution in [-0.4, -0.2) is 37.3 Å². The van der Waals surface area contributed by atoms with Crippen LogP contribution in [0.3, 0.4) is 0 Å². The van der Waals surface area contributed by atoms with Crippen molar-refractivity contribution in [2.24, 2.45) is 5.41 Å². The topological polar surface area (TPSA) is 24.5 Å². The van der Waals surface area contributed by atoms with E-state index in [2.05, 4.69) is 24.2 Å². The Bertz CT molecular complexity index is 188. The fourth-order valence-electron chi connectivity index (χ4n) is 2.55. The zero-order valence-corrected chi connectivity index (χ0v) is 9.38. The van der Waals surface area contributed by atoms with Gasteiger partial charge in [0.25, 0.3) is 0 Å². The van der Waals surface area contributed by atoms with Gasteiger partial charge in [0.2, 0.25) is 0 Å². The molecule has 0 aliphatic carbocycles. The zero-order valence-electron chi connectivity index (χ0n) is 9.38. The maximum absolute atomic E-state index is 5.76. The molecule has 0 aromatic heterocycles. The Morgan fingerprint density at radius 2 is 2.21 bits per heavy atom. The Labute approximate surface area is 86.8 Å². The second kappa shape index (κ2) is 4.17. The second-order valence-electron chi connectivity index (χ2n) is 5.15. The first kappa shape index (κ1) is 10.4. The van der Waals surface area contributed by atoms with Crippen molar-refractivity contribution >= 4 is 0 Å². The zero-order chi connectivity index (χ0) is 10.0. The van der Waals surface area contributed by atoms with Gasteiger partial charge in [0.05, 0.1) is 6.61 Å². The second-order valence-corrected chi connectivity index (χ2v) is 5.15. The average Bonchev–Trinajstić information content (AvgIpc) is 2.18. The number of hydrogen-bond acceptors (Lipinski definition) is 3. The maximum Gasteiger partial charge on any atom is 0.0685 e. The van der Waals surface area contributed by atoms with Crippen LogP contribution in [0.5, 0.6) is 0 Å². The first-order chi connectivity index (χ1) is 6.70. The molecule has 2 fully saturated rings. The number of hydrogen-bond donors (Lipinski definition) is 1. The van der Waals surface area contributed by atoms with E-state index in [0.29, 0.717) is 11.5 Å². The fourth-order valence-corrected chi connectivity index (χ4v) is 2.55. The van der Waals surface area contributed by atoms with Gasteiger partial charge in [0.15, 0.2) is 0 Å². The predicted molar refractivity (Wildman–Crippen MR) is 56.9 cm³/mol. The lowest BCUT2D eigenvalue weighted by Gasteiger charge is -2.45. The Balaban J connectivity index is 1.99. The van der Waals surface area contributed by atoms with Gasteiger partial charge in [-0.25, -0.2) is 0 Å². The number of hydroxylamine groups is 2. The largest absolute Gasteiger partial charge is 0.316 e. The third-order valence-electron chi connectivity index (χ3n) is 3.45. The lowest BCUT2D eigenvalue weighted by molar-refractivity contribution is -0.229. The van der Waals surface area contributed by atoms with E-state index in [1.165, 1.54) is 19.3 Å². The molecule has 2 saturated heterocycles. The van der Waals surface area contributed by atoms with Crippen LogP contribution in [0.25, 0.3) is 0 Å². The molecule has 1 N–H and O–H groups in total. The summed E-state index contributed by atoms with van der Waals surface area (Å²) < 4.78 is 0. The van der Waals surface area contributed by atoms with Gasteiger partial charge in [-0.15, -0.1) is 0 Å². The molecule has 82 valence electrons. The van der Waals surface area contributed by atoms with E-state index in [9.17, 15) is 0 Å². The van der Waals surface area contributed by atoms with E-state index in [1.54, 1.807) is 0 Å². The molecule has 2 heterocycles. The van der Waals surface area contributed by atoms with E-state index in [1.807, 2.05) is 0 Å². The predicted octanol–water partition coefficient (Wildman–Crippen LogP) is 1.40. The van der Waals surface area contributed by atoms with Gasteiger partial charge in [0.1, 0.15) is 0 Å². The molecule has 2 aliphatic rings. The van der Waals surface area contributed by atoms with Crippen LogP contribution >= 0.6 is 0 Å². The summed E-state index contributed by atoms with van der Waals surface area (Å²) in [5.74, 6) is 0. The molecule has 3 heteroatoms. The summed E-state index contributed by atoms with van der Waals surface area (Å²) in [6.45, 7) is 8.95. The van der Waals surface area contributed by atoms with Crippen LogP contribution in [0.15, 0.2) is 0 Å². The lowest BCUT2D eigenvalue weighted by Crippen LogP contribution is -2.55. The Hall–Kier alpha value is -0.120. The van der Waals surface area contributed by atoms with Crippen molar-refractivity contribution < 1.29 is 4.84 Å². The van der Waals surface area contributed by atoms with Crippen LogP contribution in [0.2, 0.25) is 0 Å². The summed E-state index contributed by atoms with van der Waals surface area (Å²) in [6.07, 6.45) is 3.73. The van der Waals surface area contributed by atoms with Gasteiger partial charge in [-0.05, 0) is 31.2 Å². The molecule has 1 atom stereocenters. The molecule has 3 nitrogen and oxygen atoms in total. The highest BCUT2D eigenvalue weighted by molar-refractivity contribution is 4.90. The van der Waals surface area contributed by atoms with Gasteiger partial charge in [0, 0.05) is 19.1 Å². The van der Waals surface area contributed by atoms with Crippen LogP contribution in [0.1, 0.15) is 33.1 Å². The summed E-state index contributed by atoms with van der Waals surface area (Å²) in [5.41, 5.74) is 0.343. The molecule has 0 bridgehead atoms. The minimum absolute atomic E-state index is 0.343. The minimum Gasteiger partial charge on any atom is -0.316 e. The molecule has 0 amide bonds. The highest BCUT2D eigenvalue weighted by Crippen LogP contribution is 2.31. The highest BCUT2D eigenvalue weighted by atomic mass is 16.7. The third-order valence-corrected chi connectivity index (χ3v) is 3.45. The summed E-state index contributed by atoms with van der Waals surface area (Å²) in [7, 11) is 0. The molecule has 2 rings (SSSR count). The van der Waals surface area contributed by atoms with Crippen molar-refractivity contribution in [2.45, 2.75) is 39.2 Å². The fraction of sp³-hybridized carbons (Fsp3) is 1.00. The quantitative estimate of drug-likeness (QED) is 0.689. The van der Waals surface area contributed by atoms with Crippen molar-refractivity contribution in [1.82, 2.24) is 10.4 Å².